The standard InChI is InChI=1S/C14H30N4O/c1-5-6-7-15-14(19)12(2)16-10-13-11-17(3)8-9-18(13)4/h12-13,16H,5-11H2,1-4H3,(H,15,19). The summed E-state index contributed by atoms with van der Waals surface area (Å²) < 4.78 is 0. The molecular formula is C14H30N4O. The lowest BCUT2D eigenvalue weighted by Crippen LogP contribution is -2.55. The Hall–Kier alpha value is -0.650. The summed E-state index contributed by atoms with van der Waals surface area (Å²) in [5, 5.41) is 6.32. The van der Waals surface area contributed by atoms with Crippen molar-refractivity contribution in [2.75, 3.05) is 46.8 Å². The lowest BCUT2D eigenvalue weighted by atomic mass is 10.1. The third-order valence-corrected chi connectivity index (χ3v) is 3.86. The van der Waals surface area contributed by atoms with Gasteiger partial charge in [-0.15, -0.1) is 0 Å². The summed E-state index contributed by atoms with van der Waals surface area (Å²) in [4.78, 5) is 16.6. The number of hydrogen-bond acceptors (Lipinski definition) is 4. The van der Waals surface area contributed by atoms with Crippen LogP contribution in [0.5, 0.6) is 0 Å². The molecule has 2 atom stereocenters. The fourth-order valence-electron chi connectivity index (χ4n) is 2.27. The van der Waals surface area contributed by atoms with Gasteiger partial charge in [0.05, 0.1) is 6.04 Å². The van der Waals surface area contributed by atoms with Crippen LogP contribution in [0.4, 0.5) is 0 Å². The zero-order valence-corrected chi connectivity index (χ0v) is 12.9. The number of carbonyl (C=O) groups is 1. The predicted molar refractivity (Wildman–Crippen MR) is 79.3 cm³/mol. The van der Waals surface area contributed by atoms with Gasteiger partial charge in [-0.25, -0.2) is 0 Å². The van der Waals surface area contributed by atoms with Gasteiger partial charge in [0.25, 0.3) is 0 Å². The Labute approximate surface area is 117 Å². The van der Waals surface area contributed by atoms with Crippen molar-refractivity contribution in [1.29, 1.82) is 0 Å². The van der Waals surface area contributed by atoms with Gasteiger partial charge in [-0.1, -0.05) is 13.3 Å². The lowest BCUT2D eigenvalue weighted by molar-refractivity contribution is -0.122. The van der Waals surface area contributed by atoms with E-state index in [4.69, 9.17) is 0 Å². The van der Waals surface area contributed by atoms with E-state index in [9.17, 15) is 4.79 Å². The van der Waals surface area contributed by atoms with Gasteiger partial charge in [0.15, 0.2) is 0 Å². The summed E-state index contributed by atoms with van der Waals surface area (Å²) in [5.74, 6) is 0.111. The number of piperazine rings is 1. The molecule has 19 heavy (non-hydrogen) atoms. The fourth-order valence-corrected chi connectivity index (χ4v) is 2.27. The molecular weight excluding hydrogens is 240 g/mol. The molecule has 1 heterocycles. The maximum atomic E-state index is 11.8. The first-order valence-electron chi connectivity index (χ1n) is 7.44. The normalized spacial score (nSPS) is 23.3. The number of nitrogens with zero attached hydrogens (tertiary/aromatic N) is 2. The Morgan fingerprint density at radius 1 is 1.37 bits per heavy atom. The highest BCUT2D eigenvalue weighted by Crippen LogP contribution is 2.04. The third-order valence-electron chi connectivity index (χ3n) is 3.86. The van der Waals surface area contributed by atoms with Crippen molar-refractivity contribution >= 4 is 5.91 Å². The molecule has 0 saturated carbocycles. The maximum absolute atomic E-state index is 11.8. The van der Waals surface area contributed by atoms with E-state index in [-0.39, 0.29) is 11.9 Å². The van der Waals surface area contributed by atoms with Crippen molar-refractivity contribution in [3.05, 3.63) is 0 Å². The second-order valence-corrected chi connectivity index (χ2v) is 5.67. The largest absolute Gasteiger partial charge is 0.355 e. The van der Waals surface area contributed by atoms with Crippen LogP contribution in [0, 0.1) is 0 Å². The number of nitrogens with one attached hydrogen (secondary N) is 2. The van der Waals surface area contributed by atoms with E-state index in [2.05, 4.69) is 41.5 Å². The molecule has 0 bridgehead atoms. The van der Waals surface area contributed by atoms with Crippen LogP contribution in [0.1, 0.15) is 26.7 Å². The second-order valence-electron chi connectivity index (χ2n) is 5.67. The van der Waals surface area contributed by atoms with Crippen molar-refractivity contribution in [1.82, 2.24) is 20.4 Å². The van der Waals surface area contributed by atoms with Crippen molar-refractivity contribution in [2.24, 2.45) is 0 Å². The van der Waals surface area contributed by atoms with Gasteiger partial charge in [-0.3, -0.25) is 9.69 Å². The molecule has 2 N–H and O–H groups in total. The number of likely N-dealkylation sites (N-methyl/N-ethyl adjacent to an activating group) is 2. The summed E-state index contributed by atoms with van der Waals surface area (Å²) in [5.41, 5.74) is 0. The van der Waals surface area contributed by atoms with Crippen LogP contribution in [0.2, 0.25) is 0 Å². The minimum Gasteiger partial charge on any atom is -0.355 e. The molecule has 5 nitrogen and oxygen atoms in total. The first-order chi connectivity index (χ1) is 9.04. The Morgan fingerprint density at radius 3 is 2.79 bits per heavy atom. The number of unbranched alkanes of at least 4 members (excludes halogenated alkanes) is 1. The number of amides is 1. The molecule has 1 rings (SSSR count). The van der Waals surface area contributed by atoms with Crippen molar-refractivity contribution in [3.63, 3.8) is 0 Å². The highest BCUT2D eigenvalue weighted by Gasteiger charge is 2.23. The number of hydrogen-bond donors (Lipinski definition) is 2. The molecule has 0 aromatic carbocycles. The first kappa shape index (κ1) is 16.4. The van der Waals surface area contributed by atoms with Crippen molar-refractivity contribution < 1.29 is 4.79 Å². The topological polar surface area (TPSA) is 47.6 Å². The summed E-state index contributed by atoms with van der Waals surface area (Å²) >= 11 is 0. The summed E-state index contributed by atoms with van der Waals surface area (Å²) in [6.45, 7) is 9.00. The Bertz CT molecular complexity index is 272. The number of carbonyl (C=O) groups excluding carboxylic acids is 1. The van der Waals surface area contributed by atoms with Crippen LogP contribution in [0.3, 0.4) is 0 Å². The van der Waals surface area contributed by atoms with E-state index in [1.54, 1.807) is 0 Å². The highest BCUT2D eigenvalue weighted by molar-refractivity contribution is 5.81. The van der Waals surface area contributed by atoms with E-state index in [1.165, 1.54) is 0 Å². The zero-order valence-electron chi connectivity index (χ0n) is 12.9. The SMILES string of the molecule is CCCCNC(=O)C(C)NCC1CN(C)CCN1C. The summed E-state index contributed by atoms with van der Waals surface area (Å²) in [6.07, 6.45) is 2.16. The van der Waals surface area contributed by atoms with Crippen LogP contribution < -0.4 is 10.6 Å². The van der Waals surface area contributed by atoms with Crippen molar-refractivity contribution in [3.8, 4) is 0 Å². The molecule has 0 aliphatic carbocycles. The monoisotopic (exact) mass is 270 g/mol. The Morgan fingerprint density at radius 2 is 2.11 bits per heavy atom. The molecule has 1 aliphatic rings. The molecule has 0 spiro atoms. The minimum atomic E-state index is -0.113. The van der Waals surface area contributed by atoms with Gasteiger partial charge in [0, 0.05) is 38.8 Å². The molecule has 1 amide bonds. The van der Waals surface area contributed by atoms with Crippen molar-refractivity contribution in [2.45, 2.75) is 38.8 Å². The predicted octanol–water partition coefficient (Wildman–Crippen LogP) is 0.127. The Kier molecular flexibility index (Phi) is 7.34. The van der Waals surface area contributed by atoms with Crippen LogP contribution in [0.25, 0.3) is 0 Å². The van der Waals surface area contributed by atoms with E-state index >= 15 is 0 Å². The molecule has 1 aliphatic heterocycles. The quantitative estimate of drug-likeness (QED) is 0.646. The molecule has 0 radical (unpaired) electrons. The molecule has 0 aromatic rings. The fraction of sp³-hybridized carbons (Fsp3) is 0.929. The van der Waals surface area contributed by atoms with Crippen LogP contribution in [-0.2, 0) is 4.79 Å². The molecule has 1 fully saturated rings. The van der Waals surface area contributed by atoms with E-state index in [0.717, 1.165) is 45.6 Å². The Balaban J connectivity index is 2.24. The maximum Gasteiger partial charge on any atom is 0.236 e. The molecule has 1 saturated heterocycles. The van der Waals surface area contributed by atoms with Crippen LogP contribution >= 0.6 is 0 Å². The third kappa shape index (κ3) is 5.89. The summed E-state index contributed by atoms with van der Waals surface area (Å²) in [6, 6.07) is 0.377. The molecule has 5 heteroatoms. The van der Waals surface area contributed by atoms with Crippen LogP contribution in [-0.4, -0.2) is 74.6 Å². The minimum absolute atomic E-state index is 0.111. The van der Waals surface area contributed by atoms with Crippen LogP contribution in [0.15, 0.2) is 0 Å². The van der Waals surface area contributed by atoms with Gasteiger partial charge in [-0.05, 0) is 27.4 Å². The number of rotatable bonds is 7. The molecule has 0 aromatic heterocycles. The first-order valence-corrected chi connectivity index (χ1v) is 7.44. The van der Waals surface area contributed by atoms with E-state index < -0.39 is 0 Å². The van der Waals surface area contributed by atoms with Gasteiger partial charge in [0.1, 0.15) is 0 Å². The smallest absolute Gasteiger partial charge is 0.236 e. The summed E-state index contributed by atoms with van der Waals surface area (Å²) in [7, 11) is 4.31. The van der Waals surface area contributed by atoms with Gasteiger partial charge in [-0.2, -0.15) is 0 Å². The van der Waals surface area contributed by atoms with Gasteiger partial charge >= 0.3 is 0 Å². The lowest BCUT2D eigenvalue weighted by Gasteiger charge is -2.38. The molecule has 112 valence electrons. The average Bonchev–Trinajstić information content (AvgIpc) is 2.39. The average molecular weight is 270 g/mol. The highest BCUT2D eigenvalue weighted by atomic mass is 16.2. The zero-order chi connectivity index (χ0) is 14.3. The second kappa shape index (κ2) is 8.51. The van der Waals surface area contributed by atoms with E-state index in [0.29, 0.717) is 6.04 Å². The van der Waals surface area contributed by atoms with Gasteiger partial charge in [0.2, 0.25) is 5.91 Å². The molecule has 2 unspecified atom stereocenters. The van der Waals surface area contributed by atoms with E-state index in [1.807, 2.05) is 6.92 Å². The van der Waals surface area contributed by atoms with Gasteiger partial charge < -0.3 is 15.5 Å².